The number of aromatic nitrogens is 1. The Morgan fingerprint density at radius 2 is 2.00 bits per heavy atom. The van der Waals surface area contributed by atoms with E-state index in [1.165, 1.54) is 16.2 Å². The van der Waals surface area contributed by atoms with Gasteiger partial charge in [-0.15, -0.1) is 11.3 Å². The lowest BCUT2D eigenvalue weighted by atomic mass is 10.2. The molecule has 0 radical (unpaired) electrons. The van der Waals surface area contributed by atoms with Gasteiger partial charge in [-0.05, 0) is 12.0 Å². The summed E-state index contributed by atoms with van der Waals surface area (Å²) in [6.45, 7) is 0.0217. The predicted molar refractivity (Wildman–Crippen MR) is 79.9 cm³/mol. The van der Waals surface area contributed by atoms with Gasteiger partial charge in [0.1, 0.15) is 6.54 Å². The highest BCUT2D eigenvalue weighted by Gasteiger charge is 2.17. The molecule has 5 nitrogen and oxygen atoms in total. The lowest BCUT2D eigenvalue weighted by Crippen LogP contribution is -2.35. The monoisotopic (exact) mass is 304 g/mol. The second-order valence-electron chi connectivity index (χ2n) is 4.61. The first-order chi connectivity index (χ1) is 10.1. The quantitative estimate of drug-likeness (QED) is 0.851. The average molecular weight is 304 g/mol. The van der Waals surface area contributed by atoms with Gasteiger partial charge in [0.2, 0.25) is 5.91 Å². The number of amides is 1. The molecule has 1 aromatic carbocycles. The van der Waals surface area contributed by atoms with Crippen LogP contribution in [0.1, 0.15) is 17.7 Å². The minimum atomic E-state index is -1.01. The first kappa shape index (κ1) is 15.2. The number of carbonyl (C=O) groups is 2. The summed E-state index contributed by atoms with van der Waals surface area (Å²) < 4.78 is 0. The van der Waals surface area contributed by atoms with Crippen molar-refractivity contribution in [1.29, 1.82) is 0 Å². The molecule has 6 heteroatoms. The molecule has 0 saturated carbocycles. The van der Waals surface area contributed by atoms with Crippen molar-refractivity contribution in [1.82, 2.24) is 9.88 Å². The van der Waals surface area contributed by atoms with Crippen LogP contribution in [-0.2, 0) is 22.6 Å². The zero-order chi connectivity index (χ0) is 15.1. The van der Waals surface area contributed by atoms with Crippen LogP contribution in [0.4, 0.5) is 0 Å². The zero-order valence-corrected chi connectivity index (χ0v) is 12.3. The number of aryl methyl sites for hydroxylation is 1. The van der Waals surface area contributed by atoms with Crippen LogP contribution in [0.5, 0.6) is 0 Å². The summed E-state index contributed by atoms with van der Waals surface area (Å²) in [6, 6.07) is 9.38. The minimum Gasteiger partial charge on any atom is -0.480 e. The van der Waals surface area contributed by atoms with Gasteiger partial charge in [0.05, 0.1) is 11.2 Å². The SMILES string of the molecule is O=C(O)CN(Cc1ccccc1)C(=O)CCc1cscn1. The summed E-state index contributed by atoms with van der Waals surface area (Å²) in [5.41, 5.74) is 3.50. The minimum absolute atomic E-state index is 0.172. The normalized spacial score (nSPS) is 10.3. The summed E-state index contributed by atoms with van der Waals surface area (Å²) >= 11 is 1.48. The van der Waals surface area contributed by atoms with Gasteiger partial charge in [0, 0.05) is 18.3 Å². The van der Waals surface area contributed by atoms with Crippen molar-refractivity contribution in [3.63, 3.8) is 0 Å². The van der Waals surface area contributed by atoms with Gasteiger partial charge >= 0.3 is 5.97 Å². The highest BCUT2D eigenvalue weighted by Crippen LogP contribution is 2.09. The molecule has 0 atom stereocenters. The number of aliphatic carboxylic acids is 1. The van der Waals surface area contributed by atoms with Crippen LogP contribution >= 0.6 is 11.3 Å². The van der Waals surface area contributed by atoms with Gasteiger partial charge in [-0.25, -0.2) is 4.98 Å². The fourth-order valence-electron chi connectivity index (χ4n) is 1.95. The molecule has 0 spiro atoms. The van der Waals surface area contributed by atoms with E-state index < -0.39 is 5.97 Å². The number of hydrogen-bond donors (Lipinski definition) is 1. The first-order valence-electron chi connectivity index (χ1n) is 6.55. The lowest BCUT2D eigenvalue weighted by Gasteiger charge is -2.20. The van der Waals surface area contributed by atoms with Crippen LogP contribution in [0.25, 0.3) is 0 Å². The molecule has 0 aliphatic rings. The Morgan fingerprint density at radius 3 is 2.62 bits per heavy atom. The highest BCUT2D eigenvalue weighted by molar-refractivity contribution is 7.07. The highest BCUT2D eigenvalue weighted by atomic mass is 32.1. The Kier molecular flexibility index (Phi) is 5.45. The second kappa shape index (κ2) is 7.54. The molecule has 2 aromatic rings. The maximum atomic E-state index is 12.2. The summed E-state index contributed by atoms with van der Waals surface area (Å²) in [5, 5.41) is 10.9. The standard InChI is InChI=1S/C15H16N2O3S/c18-14(7-6-13-10-21-11-16-13)17(9-15(19)20)8-12-4-2-1-3-5-12/h1-5,10-11H,6-9H2,(H,19,20). The van der Waals surface area contributed by atoms with E-state index in [4.69, 9.17) is 5.11 Å². The number of carbonyl (C=O) groups excluding carboxylic acids is 1. The summed E-state index contributed by atoms with van der Waals surface area (Å²) in [5.74, 6) is -1.18. The van der Waals surface area contributed by atoms with Crippen molar-refractivity contribution in [2.45, 2.75) is 19.4 Å². The number of nitrogens with zero attached hydrogens (tertiary/aromatic N) is 2. The lowest BCUT2D eigenvalue weighted by molar-refractivity contribution is -0.144. The molecule has 0 saturated heterocycles. The molecule has 1 heterocycles. The van der Waals surface area contributed by atoms with E-state index in [1.807, 2.05) is 35.7 Å². The van der Waals surface area contributed by atoms with E-state index in [-0.39, 0.29) is 18.9 Å². The number of carboxylic acid groups (broad SMARTS) is 1. The van der Waals surface area contributed by atoms with Crippen LogP contribution < -0.4 is 0 Å². The Morgan fingerprint density at radius 1 is 1.24 bits per heavy atom. The molecule has 110 valence electrons. The molecular weight excluding hydrogens is 288 g/mol. The second-order valence-corrected chi connectivity index (χ2v) is 5.33. The topological polar surface area (TPSA) is 70.5 Å². The van der Waals surface area contributed by atoms with Crippen molar-refractivity contribution in [3.05, 3.63) is 52.5 Å². The number of rotatable bonds is 7. The molecule has 21 heavy (non-hydrogen) atoms. The Labute approximate surface area is 126 Å². The third-order valence-corrected chi connectivity index (χ3v) is 3.61. The number of thiazole rings is 1. The average Bonchev–Trinajstić information content (AvgIpc) is 2.98. The van der Waals surface area contributed by atoms with E-state index >= 15 is 0 Å². The van der Waals surface area contributed by atoms with E-state index in [0.717, 1.165) is 11.3 Å². The molecule has 0 fully saturated rings. The largest absolute Gasteiger partial charge is 0.480 e. The third kappa shape index (κ3) is 5.00. The molecule has 1 amide bonds. The van der Waals surface area contributed by atoms with Crippen molar-refractivity contribution in [2.24, 2.45) is 0 Å². The smallest absolute Gasteiger partial charge is 0.323 e. The van der Waals surface area contributed by atoms with E-state index in [0.29, 0.717) is 13.0 Å². The van der Waals surface area contributed by atoms with E-state index in [2.05, 4.69) is 4.98 Å². The molecule has 1 aromatic heterocycles. The maximum absolute atomic E-state index is 12.2. The predicted octanol–water partition coefficient (Wildman–Crippen LogP) is 2.19. The number of benzene rings is 1. The summed E-state index contributed by atoms with van der Waals surface area (Å²) in [6.07, 6.45) is 0.803. The van der Waals surface area contributed by atoms with Gasteiger partial charge in [0.15, 0.2) is 0 Å². The van der Waals surface area contributed by atoms with E-state index in [9.17, 15) is 9.59 Å². The van der Waals surface area contributed by atoms with Crippen LogP contribution in [0.15, 0.2) is 41.2 Å². The molecular formula is C15H16N2O3S. The van der Waals surface area contributed by atoms with Gasteiger partial charge in [-0.3, -0.25) is 9.59 Å². The van der Waals surface area contributed by atoms with Crippen LogP contribution in [0.2, 0.25) is 0 Å². The summed E-state index contributed by atoms with van der Waals surface area (Å²) in [7, 11) is 0. The third-order valence-electron chi connectivity index (χ3n) is 2.97. The Hall–Kier alpha value is -2.21. The Balaban J connectivity index is 1.97. The van der Waals surface area contributed by atoms with Gasteiger partial charge in [-0.1, -0.05) is 30.3 Å². The van der Waals surface area contributed by atoms with Crippen LogP contribution in [-0.4, -0.2) is 33.4 Å². The van der Waals surface area contributed by atoms with Crippen molar-refractivity contribution >= 4 is 23.2 Å². The number of hydrogen-bond acceptors (Lipinski definition) is 4. The summed E-state index contributed by atoms with van der Waals surface area (Å²) in [4.78, 5) is 28.6. The molecule has 0 bridgehead atoms. The van der Waals surface area contributed by atoms with Crippen molar-refractivity contribution < 1.29 is 14.7 Å². The fraction of sp³-hybridized carbons (Fsp3) is 0.267. The maximum Gasteiger partial charge on any atom is 0.323 e. The fourth-order valence-corrected chi connectivity index (χ4v) is 2.55. The molecule has 0 aliphatic heterocycles. The molecule has 0 unspecified atom stereocenters. The van der Waals surface area contributed by atoms with Gasteiger partial charge in [0.25, 0.3) is 0 Å². The Bertz CT molecular complexity index is 584. The zero-order valence-electron chi connectivity index (χ0n) is 11.4. The van der Waals surface area contributed by atoms with E-state index in [1.54, 1.807) is 5.51 Å². The van der Waals surface area contributed by atoms with Gasteiger partial charge < -0.3 is 10.0 Å². The molecule has 2 rings (SSSR count). The van der Waals surface area contributed by atoms with Crippen LogP contribution in [0.3, 0.4) is 0 Å². The van der Waals surface area contributed by atoms with Crippen molar-refractivity contribution in [2.75, 3.05) is 6.54 Å². The van der Waals surface area contributed by atoms with Crippen molar-refractivity contribution in [3.8, 4) is 0 Å². The number of carboxylic acids is 1. The molecule has 0 aliphatic carbocycles. The van der Waals surface area contributed by atoms with Gasteiger partial charge in [-0.2, -0.15) is 0 Å². The molecule has 1 N–H and O–H groups in total. The first-order valence-corrected chi connectivity index (χ1v) is 7.50. The van der Waals surface area contributed by atoms with Crippen LogP contribution in [0, 0.1) is 0 Å².